The summed E-state index contributed by atoms with van der Waals surface area (Å²) >= 11 is 5.40. The molecule has 11 heavy (non-hydrogen) atoms. The van der Waals surface area contributed by atoms with Crippen molar-refractivity contribution in [3.05, 3.63) is 11.6 Å². The molecule has 1 aliphatic carbocycles. The van der Waals surface area contributed by atoms with E-state index in [4.69, 9.17) is 16.7 Å². The first kappa shape index (κ1) is 9.04. The van der Waals surface area contributed by atoms with Gasteiger partial charge in [0.15, 0.2) is 0 Å². The maximum Gasteiger partial charge on any atom is 0.0558 e. The van der Waals surface area contributed by atoms with Gasteiger partial charge in [-0.3, -0.25) is 4.90 Å². The summed E-state index contributed by atoms with van der Waals surface area (Å²) < 4.78 is 0. The summed E-state index contributed by atoms with van der Waals surface area (Å²) in [6.45, 7) is 1.88. The molecule has 0 saturated heterocycles. The molecule has 3 heteroatoms. The number of aliphatic hydroxyl groups excluding tert-OH is 1. The highest BCUT2D eigenvalue weighted by molar-refractivity contribution is 6.25. The van der Waals surface area contributed by atoms with Crippen LogP contribution in [-0.2, 0) is 0 Å². The van der Waals surface area contributed by atoms with E-state index in [0.29, 0.717) is 6.04 Å². The van der Waals surface area contributed by atoms with E-state index in [1.54, 1.807) is 0 Å². The number of aliphatic hydroxyl groups is 1. The van der Waals surface area contributed by atoms with Crippen molar-refractivity contribution in [2.24, 2.45) is 0 Å². The average molecular weight is 176 g/mol. The summed E-state index contributed by atoms with van der Waals surface area (Å²) in [5.74, 6) is 0. The molecule has 1 saturated carbocycles. The molecule has 0 spiro atoms. The molecule has 64 valence electrons. The predicted octanol–water partition coefficient (Wildman–Crippen LogP) is 1.20. The van der Waals surface area contributed by atoms with Gasteiger partial charge >= 0.3 is 0 Å². The van der Waals surface area contributed by atoms with Crippen molar-refractivity contribution >= 4 is 11.6 Å². The van der Waals surface area contributed by atoms with Gasteiger partial charge in [-0.1, -0.05) is 17.7 Å². The second-order valence-corrected chi connectivity index (χ2v) is 3.06. The molecule has 2 nitrogen and oxygen atoms in total. The molecule has 0 atom stereocenters. The molecule has 0 radical (unpaired) electrons. The monoisotopic (exact) mass is 175 g/mol. The van der Waals surface area contributed by atoms with E-state index in [-0.39, 0.29) is 6.61 Å². The van der Waals surface area contributed by atoms with Crippen LogP contribution in [-0.4, -0.2) is 35.7 Å². The third kappa shape index (κ3) is 3.23. The number of halogens is 1. The Morgan fingerprint density at radius 2 is 2.27 bits per heavy atom. The molecule has 0 aromatic carbocycles. The van der Waals surface area contributed by atoms with Gasteiger partial charge in [-0.2, -0.15) is 0 Å². The third-order valence-electron chi connectivity index (χ3n) is 1.88. The Hall–Kier alpha value is -0.0500. The van der Waals surface area contributed by atoms with Gasteiger partial charge in [0.1, 0.15) is 0 Å². The van der Waals surface area contributed by atoms with Crippen LogP contribution < -0.4 is 0 Å². The van der Waals surface area contributed by atoms with E-state index in [1.165, 1.54) is 18.4 Å². The summed E-state index contributed by atoms with van der Waals surface area (Å²) in [6.07, 6.45) is 4.46. The predicted molar refractivity (Wildman–Crippen MR) is 46.7 cm³/mol. The fraction of sp³-hybridized carbons (Fsp3) is 0.750. The molecule has 0 heterocycles. The molecule has 1 aliphatic rings. The summed E-state index contributed by atoms with van der Waals surface area (Å²) in [5, 5.41) is 8.71. The van der Waals surface area contributed by atoms with E-state index in [9.17, 15) is 0 Å². The topological polar surface area (TPSA) is 23.5 Å². The van der Waals surface area contributed by atoms with Gasteiger partial charge in [0.05, 0.1) is 6.61 Å². The van der Waals surface area contributed by atoms with Gasteiger partial charge < -0.3 is 5.11 Å². The molecule has 1 fully saturated rings. The third-order valence-corrected chi connectivity index (χ3v) is 2.06. The van der Waals surface area contributed by atoms with Crippen LogP contribution in [0.2, 0.25) is 0 Å². The molecule has 0 unspecified atom stereocenters. The van der Waals surface area contributed by atoms with Crippen LogP contribution in [0, 0.1) is 0 Å². The minimum atomic E-state index is 0.243. The van der Waals surface area contributed by atoms with E-state index in [0.717, 1.165) is 13.1 Å². The largest absolute Gasteiger partial charge is 0.395 e. The van der Waals surface area contributed by atoms with Gasteiger partial charge in [-0.05, 0) is 12.8 Å². The first-order valence-electron chi connectivity index (χ1n) is 3.98. The van der Waals surface area contributed by atoms with Gasteiger partial charge in [0.25, 0.3) is 0 Å². The van der Waals surface area contributed by atoms with Crippen LogP contribution in [0.1, 0.15) is 12.8 Å². The molecule has 0 aromatic heterocycles. The van der Waals surface area contributed by atoms with Gasteiger partial charge in [0.2, 0.25) is 0 Å². The molecule has 0 aromatic rings. The Morgan fingerprint density at radius 1 is 1.55 bits per heavy atom. The lowest BCUT2D eigenvalue weighted by Crippen LogP contribution is -2.29. The van der Waals surface area contributed by atoms with Crippen LogP contribution in [0.3, 0.4) is 0 Å². The summed E-state index contributed by atoms with van der Waals surface area (Å²) in [7, 11) is 0. The van der Waals surface area contributed by atoms with E-state index >= 15 is 0 Å². The zero-order chi connectivity index (χ0) is 8.10. The number of hydrogen-bond acceptors (Lipinski definition) is 2. The minimum absolute atomic E-state index is 0.243. The lowest BCUT2D eigenvalue weighted by molar-refractivity contribution is 0.202. The second-order valence-electron chi connectivity index (χ2n) is 2.81. The lowest BCUT2D eigenvalue weighted by atomic mass is 10.4. The van der Waals surface area contributed by atoms with Crippen LogP contribution >= 0.6 is 11.6 Å². The standard InChI is InChI=1S/C8H14ClNO/c9-4-1-5-10(6-7-11)8-2-3-8/h1,4,8,11H,2-3,5-7H2. The maximum atomic E-state index is 8.71. The highest BCUT2D eigenvalue weighted by atomic mass is 35.5. The van der Waals surface area contributed by atoms with Crippen LogP contribution in [0.4, 0.5) is 0 Å². The Balaban J connectivity index is 2.20. The zero-order valence-electron chi connectivity index (χ0n) is 6.54. The first-order valence-corrected chi connectivity index (χ1v) is 4.42. The molecule has 0 bridgehead atoms. The minimum Gasteiger partial charge on any atom is -0.395 e. The zero-order valence-corrected chi connectivity index (χ0v) is 7.30. The fourth-order valence-electron chi connectivity index (χ4n) is 1.17. The fourth-order valence-corrected chi connectivity index (χ4v) is 1.25. The van der Waals surface area contributed by atoms with Crippen molar-refractivity contribution in [3.8, 4) is 0 Å². The molecule has 0 amide bonds. The van der Waals surface area contributed by atoms with E-state index < -0.39 is 0 Å². The van der Waals surface area contributed by atoms with Crippen molar-refractivity contribution in [1.82, 2.24) is 4.90 Å². The Bertz CT molecular complexity index is 134. The van der Waals surface area contributed by atoms with Gasteiger partial charge in [-0.25, -0.2) is 0 Å². The Morgan fingerprint density at radius 3 is 2.73 bits per heavy atom. The lowest BCUT2D eigenvalue weighted by Gasteiger charge is -2.17. The quantitative estimate of drug-likeness (QED) is 0.679. The summed E-state index contributed by atoms with van der Waals surface area (Å²) in [5.41, 5.74) is 1.53. The van der Waals surface area contributed by atoms with Crippen molar-refractivity contribution < 1.29 is 5.11 Å². The summed E-state index contributed by atoms with van der Waals surface area (Å²) in [4.78, 5) is 2.25. The molecule has 1 rings (SSSR count). The maximum absolute atomic E-state index is 8.71. The SMILES string of the molecule is OCCN(CC=CCl)C1CC1. The average Bonchev–Trinajstić information content (AvgIpc) is 2.80. The molecule has 1 N–H and O–H groups in total. The van der Waals surface area contributed by atoms with E-state index in [2.05, 4.69) is 4.90 Å². The number of rotatable bonds is 5. The van der Waals surface area contributed by atoms with Crippen LogP contribution in [0.15, 0.2) is 11.6 Å². The van der Waals surface area contributed by atoms with Gasteiger partial charge in [0, 0.05) is 24.7 Å². The molecular weight excluding hydrogens is 162 g/mol. The summed E-state index contributed by atoms with van der Waals surface area (Å²) in [6, 6.07) is 0.704. The number of nitrogens with zero attached hydrogens (tertiary/aromatic N) is 1. The van der Waals surface area contributed by atoms with Crippen molar-refractivity contribution in [2.75, 3.05) is 19.7 Å². The normalized spacial score (nSPS) is 18.5. The van der Waals surface area contributed by atoms with Crippen molar-refractivity contribution in [2.45, 2.75) is 18.9 Å². The highest BCUT2D eigenvalue weighted by Gasteiger charge is 2.27. The Labute approximate surface area is 72.5 Å². The van der Waals surface area contributed by atoms with Gasteiger partial charge in [-0.15, -0.1) is 0 Å². The van der Waals surface area contributed by atoms with Crippen LogP contribution in [0.25, 0.3) is 0 Å². The number of hydrogen-bond donors (Lipinski definition) is 1. The highest BCUT2D eigenvalue weighted by Crippen LogP contribution is 2.26. The molecule has 0 aliphatic heterocycles. The van der Waals surface area contributed by atoms with Crippen molar-refractivity contribution in [3.63, 3.8) is 0 Å². The second kappa shape index (κ2) is 4.75. The van der Waals surface area contributed by atoms with E-state index in [1.807, 2.05) is 6.08 Å². The molecular formula is C8H14ClNO. The van der Waals surface area contributed by atoms with Crippen LogP contribution in [0.5, 0.6) is 0 Å². The Kier molecular flexibility index (Phi) is 3.91. The smallest absolute Gasteiger partial charge is 0.0558 e. The first-order chi connectivity index (χ1) is 5.38. The van der Waals surface area contributed by atoms with Crippen molar-refractivity contribution in [1.29, 1.82) is 0 Å².